The number of hydrogen-bond acceptors (Lipinski definition) is 4. The first-order valence-corrected chi connectivity index (χ1v) is 6.63. The summed E-state index contributed by atoms with van der Waals surface area (Å²) in [5.74, 6) is 0.516. The van der Waals surface area contributed by atoms with Crippen molar-refractivity contribution in [1.29, 1.82) is 0 Å². The number of imidazole rings is 1. The number of carbonyl (C=O) groups is 1. The van der Waals surface area contributed by atoms with Gasteiger partial charge < -0.3 is 9.30 Å². The fourth-order valence-electron chi connectivity index (χ4n) is 2.28. The average Bonchev–Trinajstić information content (AvgIpc) is 2.85. The van der Waals surface area contributed by atoms with Crippen LogP contribution in [0.4, 0.5) is 0 Å². The van der Waals surface area contributed by atoms with Gasteiger partial charge in [-0.2, -0.15) is 0 Å². The minimum Gasteiger partial charge on any atom is -0.468 e. The van der Waals surface area contributed by atoms with Gasteiger partial charge in [-0.15, -0.1) is 11.6 Å². The van der Waals surface area contributed by atoms with Crippen LogP contribution in [0.1, 0.15) is 5.82 Å². The van der Waals surface area contributed by atoms with E-state index in [9.17, 15) is 4.79 Å². The third-order valence-corrected chi connectivity index (χ3v) is 3.43. The molecular weight excluding hydrogens is 278 g/mol. The first kappa shape index (κ1) is 12.9. The Morgan fingerprint density at radius 1 is 1.35 bits per heavy atom. The lowest BCUT2D eigenvalue weighted by atomic mass is 10.2. The summed E-state index contributed by atoms with van der Waals surface area (Å²) in [6, 6.07) is 7.73. The largest absolute Gasteiger partial charge is 0.468 e. The van der Waals surface area contributed by atoms with Crippen LogP contribution in [-0.2, 0) is 22.0 Å². The van der Waals surface area contributed by atoms with E-state index in [1.54, 1.807) is 10.8 Å². The second-order valence-electron chi connectivity index (χ2n) is 4.33. The van der Waals surface area contributed by atoms with Crippen LogP contribution in [-0.4, -0.2) is 27.6 Å². The normalized spacial score (nSPS) is 11.1. The lowest BCUT2D eigenvalue weighted by Gasteiger charge is -2.07. The van der Waals surface area contributed by atoms with Crippen LogP contribution in [0.15, 0.2) is 30.5 Å². The Labute approximate surface area is 120 Å². The highest BCUT2D eigenvalue weighted by molar-refractivity contribution is 6.17. The van der Waals surface area contributed by atoms with Crippen LogP contribution in [0.5, 0.6) is 0 Å². The molecule has 2 aromatic heterocycles. The standard InChI is InChI=1S/C14H12ClN3O2/c1-20-13(19)8-18-12(6-15)17-11-7-16-10-5-3-2-4-9(10)14(11)18/h2-5,7H,6,8H2,1H3. The number of pyridine rings is 1. The summed E-state index contributed by atoms with van der Waals surface area (Å²) in [6.45, 7) is 0.0864. The number of alkyl halides is 1. The number of para-hydroxylation sites is 1. The number of benzene rings is 1. The SMILES string of the molecule is COC(=O)Cn1c(CCl)nc2cnc3ccccc3c21. The molecule has 2 heterocycles. The molecule has 0 bridgehead atoms. The number of fused-ring (bicyclic) bond motifs is 3. The number of halogens is 1. The molecule has 0 radical (unpaired) electrons. The Hall–Kier alpha value is -2.14. The van der Waals surface area contributed by atoms with Crippen LogP contribution in [0.3, 0.4) is 0 Å². The molecule has 3 aromatic rings. The molecule has 0 atom stereocenters. The fourth-order valence-corrected chi connectivity index (χ4v) is 2.48. The van der Waals surface area contributed by atoms with Gasteiger partial charge in [-0.3, -0.25) is 9.78 Å². The number of carbonyl (C=O) groups excluding carboxylic acids is 1. The number of nitrogens with zero attached hydrogens (tertiary/aromatic N) is 3. The highest BCUT2D eigenvalue weighted by Gasteiger charge is 2.16. The second-order valence-corrected chi connectivity index (χ2v) is 4.60. The summed E-state index contributed by atoms with van der Waals surface area (Å²) in [5, 5.41) is 0.942. The van der Waals surface area contributed by atoms with Crippen molar-refractivity contribution in [3.63, 3.8) is 0 Å². The van der Waals surface area contributed by atoms with Crippen LogP contribution in [0.25, 0.3) is 21.9 Å². The van der Waals surface area contributed by atoms with Crippen molar-refractivity contribution in [3.05, 3.63) is 36.3 Å². The molecule has 102 valence electrons. The van der Waals surface area contributed by atoms with E-state index < -0.39 is 0 Å². The van der Waals surface area contributed by atoms with Gasteiger partial charge in [0.2, 0.25) is 0 Å². The maximum absolute atomic E-state index is 11.6. The zero-order chi connectivity index (χ0) is 14.1. The monoisotopic (exact) mass is 289 g/mol. The quantitative estimate of drug-likeness (QED) is 0.549. The number of esters is 1. The smallest absolute Gasteiger partial charge is 0.325 e. The molecular formula is C14H12ClN3O2. The fraction of sp³-hybridized carbons (Fsp3) is 0.214. The molecule has 3 rings (SSSR count). The van der Waals surface area contributed by atoms with E-state index >= 15 is 0 Å². The minimum absolute atomic E-state index is 0.0864. The first-order valence-electron chi connectivity index (χ1n) is 6.10. The molecule has 20 heavy (non-hydrogen) atoms. The summed E-state index contributed by atoms with van der Waals surface area (Å²) in [6.07, 6.45) is 1.70. The van der Waals surface area contributed by atoms with E-state index in [-0.39, 0.29) is 18.4 Å². The number of hydrogen-bond donors (Lipinski definition) is 0. The van der Waals surface area contributed by atoms with Crippen molar-refractivity contribution in [2.75, 3.05) is 7.11 Å². The number of methoxy groups -OCH3 is 1. The van der Waals surface area contributed by atoms with E-state index in [0.717, 1.165) is 21.9 Å². The van der Waals surface area contributed by atoms with Gasteiger partial charge in [0.25, 0.3) is 0 Å². The van der Waals surface area contributed by atoms with Gasteiger partial charge in [0.05, 0.1) is 30.2 Å². The number of ether oxygens (including phenoxy) is 1. The van der Waals surface area contributed by atoms with Crippen LogP contribution in [0, 0.1) is 0 Å². The Bertz CT molecular complexity index is 798. The number of rotatable bonds is 3. The van der Waals surface area contributed by atoms with E-state index in [4.69, 9.17) is 16.3 Å². The van der Waals surface area contributed by atoms with Gasteiger partial charge in [-0.1, -0.05) is 18.2 Å². The molecule has 0 saturated heterocycles. The van der Waals surface area contributed by atoms with E-state index in [1.807, 2.05) is 24.3 Å². The van der Waals surface area contributed by atoms with Gasteiger partial charge in [-0.05, 0) is 6.07 Å². The zero-order valence-electron chi connectivity index (χ0n) is 10.8. The zero-order valence-corrected chi connectivity index (χ0v) is 11.6. The Kier molecular flexibility index (Phi) is 3.28. The summed E-state index contributed by atoms with van der Waals surface area (Å²) < 4.78 is 6.53. The van der Waals surface area contributed by atoms with Crippen molar-refractivity contribution in [3.8, 4) is 0 Å². The molecule has 1 aromatic carbocycles. The van der Waals surface area contributed by atoms with Crippen LogP contribution < -0.4 is 0 Å². The van der Waals surface area contributed by atoms with Crippen molar-refractivity contribution >= 4 is 39.5 Å². The van der Waals surface area contributed by atoms with Crippen LogP contribution >= 0.6 is 11.6 Å². The molecule has 0 aliphatic carbocycles. The third kappa shape index (κ3) is 2.00. The van der Waals surface area contributed by atoms with Gasteiger partial charge in [-0.25, -0.2) is 4.98 Å². The summed E-state index contributed by atoms with van der Waals surface area (Å²) in [4.78, 5) is 20.4. The van der Waals surface area contributed by atoms with Crippen molar-refractivity contribution in [1.82, 2.24) is 14.5 Å². The molecule has 0 saturated carbocycles. The lowest BCUT2D eigenvalue weighted by molar-refractivity contribution is -0.141. The van der Waals surface area contributed by atoms with Crippen molar-refractivity contribution in [2.45, 2.75) is 12.4 Å². The molecule has 6 heteroatoms. The predicted molar refractivity (Wildman–Crippen MR) is 76.6 cm³/mol. The molecule has 0 aliphatic rings. The highest BCUT2D eigenvalue weighted by atomic mass is 35.5. The van der Waals surface area contributed by atoms with Crippen molar-refractivity contribution in [2.24, 2.45) is 0 Å². The summed E-state index contributed by atoms with van der Waals surface area (Å²) in [5.41, 5.74) is 2.44. The Balaban J connectivity index is 2.33. The highest BCUT2D eigenvalue weighted by Crippen LogP contribution is 2.25. The Morgan fingerprint density at radius 2 is 2.15 bits per heavy atom. The van der Waals surface area contributed by atoms with E-state index in [2.05, 4.69) is 9.97 Å². The third-order valence-electron chi connectivity index (χ3n) is 3.19. The average molecular weight is 290 g/mol. The van der Waals surface area contributed by atoms with E-state index in [1.165, 1.54) is 7.11 Å². The van der Waals surface area contributed by atoms with Crippen LogP contribution in [0.2, 0.25) is 0 Å². The van der Waals surface area contributed by atoms with Gasteiger partial charge >= 0.3 is 5.97 Å². The van der Waals surface area contributed by atoms with Crippen molar-refractivity contribution < 1.29 is 9.53 Å². The molecule has 0 aliphatic heterocycles. The minimum atomic E-state index is -0.337. The molecule has 0 N–H and O–H groups in total. The maximum Gasteiger partial charge on any atom is 0.325 e. The first-order chi connectivity index (χ1) is 9.74. The predicted octanol–water partition coefficient (Wildman–Crippen LogP) is 2.50. The van der Waals surface area contributed by atoms with E-state index in [0.29, 0.717) is 5.82 Å². The van der Waals surface area contributed by atoms with Gasteiger partial charge in [0.1, 0.15) is 17.9 Å². The maximum atomic E-state index is 11.6. The van der Waals surface area contributed by atoms with Gasteiger partial charge in [0, 0.05) is 5.39 Å². The summed E-state index contributed by atoms with van der Waals surface area (Å²) in [7, 11) is 1.36. The molecule has 5 nitrogen and oxygen atoms in total. The molecule has 0 spiro atoms. The second kappa shape index (κ2) is 5.09. The van der Waals surface area contributed by atoms with Gasteiger partial charge in [0.15, 0.2) is 0 Å². The molecule has 0 fully saturated rings. The Morgan fingerprint density at radius 3 is 2.90 bits per heavy atom. The lowest BCUT2D eigenvalue weighted by Crippen LogP contribution is -2.13. The topological polar surface area (TPSA) is 57.0 Å². The molecule has 0 amide bonds. The number of aromatic nitrogens is 3. The molecule has 0 unspecified atom stereocenters. The summed E-state index contributed by atoms with van der Waals surface area (Å²) >= 11 is 5.93.